The van der Waals surface area contributed by atoms with Crippen LogP contribution in [0.1, 0.15) is 6.42 Å². The van der Waals surface area contributed by atoms with Gasteiger partial charge in [-0.15, -0.1) is 12.4 Å². The molecule has 2 rings (SSSR count). The highest BCUT2D eigenvalue weighted by molar-refractivity contribution is 5.88. The van der Waals surface area contributed by atoms with Gasteiger partial charge in [-0.2, -0.15) is 0 Å². The summed E-state index contributed by atoms with van der Waals surface area (Å²) >= 11 is 0. The largest absolute Gasteiger partial charge is 0.343 e. The van der Waals surface area contributed by atoms with Crippen LogP contribution in [0.5, 0.6) is 0 Å². The molecule has 7 heteroatoms. The number of carbonyl (C=O) groups is 2. The summed E-state index contributed by atoms with van der Waals surface area (Å²) in [5, 5.41) is 3.13. The molecular weight excluding hydrogens is 268 g/mol. The molecule has 1 N–H and O–H groups in total. The molecule has 1 unspecified atom stereocenters. The van der Waals surface area contributed by atoms with Crippen molar-refractivity contribution in [1.29, 1.82) is 0 Å². The van der Waals surface area contributed by atoms with Crippen LogP contribution in [0.2, 0.25) is 0 Å². The lowest BCUT2D eigenvalue weighted by molar-refractivity contribution is -0.140. The van der Waals surface area contributed by atoms with Crippen molar-refractivity contribution in [2.24, 2.45) is 0 Å². The zero-order valence-corrected chi connectivity index (χ0v) is 12.4. The standard InChI is InChI=1S/C12H22N4O2.ClH/c1-14-5-7-16(8-6-14)11(17)9-10-12(18)15(2)4-3-13-10;/h10,13H,3-9H2,1-2H3;1H. The van der Waals surface area contributed by atoms with E-state index in [4.69, 9.17) is 0 Å². The molecule has 0 aliphatic carbocycles. The molecule has 1 atom stereocenters. The van der Waals surface area contributed by atoms with E-state index in [1.54, 1.807) is 11.9 Å². The number of halogens is 1. The van der Waals surface area contributed by atoms with Crippen molar-refractivity contribution < 1.29 is 9.59 Å². The van der Waals surface area contributed by atoms with E-state index in [-0.39, 0.29) is 36.7 Å². The van der Waals surface area contributed by atoms with Crippen LogP contribution in [0.15, 0.2) is 0 Å². The second kappa shape index (κ2) is 7.07. The van der Waals surface area contributed by atoms with Gasteiger partial charge in [-0.05, 0) is 7.05 Å². The molecular formula is C12H23ClN4O2. The van der Waals surface area contributed by atoms with E-state index in [0.29, 0.717) is 0 Å². The van der Waals surface area contributed by atoms with Gasteiger partial charge in [-0.1, -0.05) is 0 Å². The fourth-order valence-electron chi connectivity index (χ4n) is 2.39. The maximum Gasteiger partial charge on any atom is 0.240 e. The number of nitrogens with zero attached hydrogens (tertiary/aromatic N) is 3. The van der Waals surface area contributed by atoms with Crippen LogP contribution in [-0.4, -0.2) is 85.9 Å². The molecule has 2 aliphatic rings. The second-order valence-corrected chi connectivity index (χ2v) is 5.15. The smallest absolute Gasteiger partial charge is 0.240 e. The summed E-state index contributed by atoms with van der Waals surface area (Å²) in [6.45, 7) is 4.86. The van der Waals surface area contributed by atoms with Crippen LogP contribution in [0.3, 0.4) is 0 Å². The summed E-state index contributed by atoms with van der Waals surface area (Å²) in [5.74, 6) is 0.118. The first-order chi connectivity index (χ1) is 8.58. The lowest BCUT2D eigenvalue weighted by Gasteiger charge is -2.35. The lowest BCUT2D eigenvalue weighted by Crippen LogP contribution is -2.56. The highest BCUT2D eigenvalue weighted by Gasteiger charge is 2.30. The summed E-state index contributed by atoms with van der Waals surface area (Å²) in [6, 6.07) is -0.337. The van der Waals surface area contributed by atoms with E-state index in [9.17, 15) is 9.59 Å². The van der Waals surface area contributed by atoms with Gasteiger partial charge in [0, 0.05) is 46.3 Å². The minimum Gasteiger partial charge on any atom is -0.343 e. The maximum absolute atomic E-state index is 12.1. The van der Waals surface area contributed by atoms with Gasteiger partial charge >= 0.3 is 0 Å². The Labute approximate surface area is 120 Å². The van der Waals surface area contributed by atoms with Gasteiger partial charge < -0.3 is 20.0 Å². The van der Waals surface area contributed by atoms with Gasteiger partial charge in [0.1, 0.15) is 0 Å². The van der Waals surface area contributed by atoms with E-state index < -0.39 is 0 Å². The third-order valence-corrected chi connectivity index (χ3v) is 3.75. The van der Waals surface area contributed by atoms with Crippen molar-refractivity contribution in [2.45, 2.75) is 12.5 Å². The minimum absolute atomic E-state index is 0. The number of amides is 2. The average Bonchev–Trinajstić information content (AvgIpc) is 2.36. The molecule has 0 aromatic rings. The zero-order chi connectivity index (χ0) is 13.1. The highest BCUT2D eigenvalue weighted by Crippen LogP contribution is 2.08. The van der Waals surface area contributed by atoms with Crippen molar-refractivity contribution in [2.75, 3.05) is 53.4 Å². The number of carbonyl (C=O) groups excluding carboxylic acids is 2. The Balaban J connectivity index is 0.00000180. The van der Waals surface area contributed by atoms with Crippen LogP contribution in [0.4, 0.5) is 0 Å². The summed E-state index contributed by atoms with van der Waals surface area (Å²) in [7, 11) is 3.85. The molecule has 0 radical (unpaired) electrons. The van der Waals surface area contributed by atoms with E-state index in [1.165, 1.54) is 0 Å². The molecule has 110 valence electrons. The predicted molar refractivity (Wildman–Crippen MR) is 75.4 cm³/mol. The molecule has 6 nitrogen and oxygen atoms in total. The molecule has 0 aromatic heterocycles. The van der Waals surface area contributed by atoms with Crippen LogP contribution < -0.4 is 5.32 Å². The Kier molecular flexibility index (Phi) is 6.03. The molecule has 0 saturated carbocycles. The maximum atomic E-state index is 12.1. The van der Waals surface area contributed by atoms with Crippen molar-refractivity contribution in [1.82, 2.24) is 20.0 Å². The van der Waals surface area contributed by atoms with Gasteiger partial charge in [0.15, 0.2) is 0 Å². The normalized spacial score (nSPS) is 25.2. The van der Waals surface area contributed by atoms with Crippen LogP contribution >= 0.6 is 12.4 Å². The Hall–Kier alpha value is -0.850. The summed E-state index contributed by atoms with van der Waals surface area (Å²) in [5.41, 5.74) is 0. The molecule has 2 heterocycles. The SMILES string of the molecule is CN1CCN(C(=O)CC2NCCN(C)C2=O)CC1.Cl. The van der Waals surface area contributed by atoms with Crippen LogP contribution in [0, 0.1) is 0 Å². The number of likely N-dealkylation sites (N-methyl/N-ethyl adjacent to an activating group) is 2. The number of hydrogen-bond acceptors (Lipinski definition) is 4. The van der Waals surface area contributed by atoms with Crippen LogP contribution in [0.25, 0.3) is 0 Å². The first-order valence-corrected chi connectivity index (χ1v) is 6.52. The van der Waals surface area contributed by atoms with E-state index in [1.807, 2.05) is 4.90 Å². The van der Waals surface area contributed by atoms with Crippen LogP contribution in [-0.2, 0) is 9.59 Å². The van der Waals surface area contributed by atoms with Crippen molar-refractivity contribution in [3.05, 3.63) is 0 Å². The average molecular weight is 291 g/mol. The van der Waals surface area contributed by atoms with Gasteiger partial charge in [0.05, 0.1) is 12.5 Å². The van der Waals surface area contributed by atoms with E-state index >= 15 is 0 Å². The number of hydrogen-bond donors (Lipinski definition) is 1. The molecule has 0 aromatic carbocycles. The fourth-order valence-corrected chi connectivity index (χ4v) is 2.39. The monoisotopic (exact) mass is 290 g/mol. The highest BCUT2D eigenvalue weighted by atomic mass is 35.5. The molecule has 19 heavy (non-hydrogen) atoms. The minimum atomic E-state index is -0.337. The fraction of sp³-hybridized carbons (Fsp3) is 0.833. The first-order valence-electron chi connectivity index (χ1n) is 6.52. The summed E-state index contributed by atoms with van der Waals surface area (Å²) in [4.78, 5) is 29.8. The number of piperazine rings is 2. The molecule has 2 aliphatic heterocycles. The Morgan fingerprint density at radius 1 is 1.21 bits per heavy atom. The molecule has 2 amide bonds. The van der Waals surface area contributed by atoms with E-state index in [2.05, 4.69) is 17.3 Å². The Morgan fingerprint density at radius 3 is 2.47 bits per heavy atom. The first kappa shape index (κ1) is 16.2. The third-order valence-electron chi connectivity index (χ3n) is 3.75. The van der Waals surface area contributed by atoms with Gasteiger partial charge in [0.2, 0.25) is 11.8 Å². The molecule has 0 spiro atoms. The third kappa shape index (κ3) is 4.06. The van der Waals surface area contributed by atoms with Crippen molar-refractivity contribution in [3.8, 4) is 0 Å². The zero-order valence-electron chi connectivity index (χ0n) is 11.6. The summed E-state index contributed by atoms with van der Waals surface area (Å²) in [6.07, 6.45) is 0.285. The topological polar surface area (TPSA) is 55.9 Å². The Bertz CT molecular complexity index is 332. The van der Waals surface area contributed by atoms with E-state index in [0.717, 1.165) is 39.3 Å². The second-order valence-electron chi connectivity index (χ2n) is 5.15. The van der Waals surface area contributed by atoms with Gasteiger partial charge in [0.25, 0.3) is 0 Å². The molecule has 2 saturated heterocycles. The molecule has 0 bridgehead atoms. The quantitative estimate of drug-likeness (QED) is 0.709. The van der Waals surface area contributed by atoms with Crippen molar-refractivity contribution in [3.63, 3.8) is 0 Å². The lowest BCUT2D eigenvalue weighted by atomic mass is 10.1. The number of rotatable bonds is 2. The predicted octanol–water partition coefficient (Wildman–Crippen LogP) is -0.997. The summed E-state index contributed by atoms with van der Waals surface area (Å²) < 4.78 is 0. The van der Waals surface area contributed by atoms with Gasteiger partial charge in [-0.25, -0.2) is 0 Å². The molecule has 2 fully saturated rings. The van der Waals surface area contributed by atoms with Gasteiger partial charge in [-0.3, -0.25) is 9.59 Å². The van der Waals surface area contributed by atoms with Crippen molar-refractivity contribution >= 4 is 24.2 Å². The number of nitrogens with one attached hydrogen (secondary N) is 1. The Morgan fingerprint density at radius 2 is 1.84 bits per heavy atom.